The van der Waals surface area contributed by atoms with Gasteiger partial charge < -0.3 is 5.32 Å². The van der Waals surface area contributed by atoms with Crippen molar-refractivity contribution < 1.29 is 0 Å². The Bertz CT molecular complexity index is 581. The lowest BCUT2D eigenvalue weighted by Crippen LogP contribution is -2.24. The van der Waals surface area contributed by atoms with E-state index in [-0.39, 0.29) is 0 Å². The number of benzene rings is 1. The molecule has 0 aliphatic heterocycles. The molecule has 1 heterocycles. The molecule has 0 saturated heterocycles. The molecule has 20 heavy (non-hydrogen) atoms. The number of hydrogen-bond acceptors (Lipinski definition) is 2. The smallest absolute Gasteiger partial charge is 0.0451 e. The number of nitrogens with one attached hydrogen (secondary N) is 1. The van der Waals surface area contributed by atoms with Crippen LogP contribution >= 0.6 is 15.9 Å². The van der Waals surface area contributed by atoms with Crippen molar-refractivity contribution in [2.45, 2.75) is 33.2 Å². The third kappa shape index (κ3) is 3.68. The van der Waals surface area contributed by atoms with E-state index in [1.54, 1.807) is 0 Å². The van der Waals surface area contributed by atoms with E-state index in [0.29, 0.717) is 6.04 Å². The molecule has 1 aromatic carbocycles. The molecule has 2 rings (SSSR count). The largest absolute Gasteiger partial charge is 0.310 e. The predicted molar refractivity (Wildman–Crippen MR) is 88.0 cm³/mol. The summed E-state index contributed by atoms with van der Waals surface area (Å²) in [5.74, 6) is 0. The highest BCUT2D eigenvalue weighted by Crippen LogP contribution is 2.25. The molecule has 0 radical (unpaired) electrons. The highest BCUT2D eigenvalue weighted by molar-refractivity contribution is 9.10. The van der Waals surface area contributed by atoms with Crippen LogP contribution in [0.25, 0.3) is 0 Å². The Morgan fingerprint density at radius 3 is 2.70 bits per heavy atom. The fraction of sp³-hybridized carbons (Fsp3) is 0.353. The second-order valence-corrected chi connectivity index (χ2v) is 6.00. The molecule has 0 saturated carbocycles. The third-order valence-corrected chi connectivity index (χ3v) is 4.08. The molecule has 0 aliphatic rings. The van der Waals surface area contributed by atoms with Crippen LogP contribution < -0.4 is 5.32 Å². The summed E-state index contributed by atoms with van der Waals surface area (Å²) in [6, 6.07) is 10.9. The molecule has 1 aromatic heterocycles. The van der Waals surface area contributed by atoms with Gasteiger partial charge in [0.05, 0.1) is 0 Å². The first kappa shape index (κ1) is 15.2. The lowest BCUT2D eigenvalue weighted by atomic mass is 9.96. The number of rotatable bonds is 5. The number of aryl methyl sites for hydroxylation is 2. The first-order valence-electron chi connectivity index (χ1n) is 7.01. The lowest BCUT2D eigenvalue weighted by molar-refractivity contribution is 0.540. The Balaban J connectivity index is 2.32. The molecule has 1 unspecified atom stereocenters. The summed E-state index contributed by atoms with van der Waals surface area (Å²) < 4.78 is 1.12. The number of hydrogen-bond donors (Lipinski definition) is 1. The van der Waals surface area contributed by atoms with E-state index in [1.165, 1.54) is 16.7 Å². The molecule has 106 valence electrons. The van der Waals surface area contributed by atoms with Crippen molar-refractivity contribution in [2.75, 3.05) is 6.54 Å². The van der Waals surface area contributed by atoms with Gasteiger partial charge in [0.1, 0.15) is 0 Å². The minimum absolute atomic E-state index is 0.297. The van der Waals surface area contributed by atoms with Gasteiger partial charge in [-0.2, -0.15) is 0 Å². The highest BCUT2D eigenvalue weighted by atomic mass is 79.9. The van der Waals surface area contributed by atoms with Gasteiger partial charge in [-0.05, 0) is 55.3 Å². The van der Waals surface area contributed by atoms with Crippen molar-refractivity contribution in [1.82, 2.24) is 10.3 Å². The van der Waals surface area contributed by atoms with Crippen LogP contribution in [-0.2, 0) is 6.42 Å². The van der Waals surface area contributed by atoms with Gasteiger partial charge in [-0.25, -0.2) is 0 Å². The molecule has 2 nitrogen and oxygen atoms in total. The topological polar surface area (TPSA) is 24.9 Å². The summed E-state index contributed by atoms with van der Waals surface area (Å²) in [7, 11) is 0. The molecule has 2 aromatic rings. The zero-order chi connectivity index (χ0) is 14.5. The standard InChI is InChI=1S/C17H21BrN2/c1-4-19-17(11-16-13(3)6-5-9-20-16)15-10-14(18)8-7-12(15)2/h5-10,17,19H,4,11H2,1-3H3. The van der Waals surface area contributed by atoms with Crippen LogP contribution in [-0.4, -0.2) is 11.5 Å². The van der Waals surface area contributed by atoms with Crippen molar-refractivity contribution in [1.29, 1.82) is 0 Å². The average Bonchev–Trinajstić information content (AvgIpc) is 2.43. The van der Waals surface area contributed by atoms with Crippen LogP contribution in [0.5, 0.6) is 0 Å². The zero-order valence-corrected chi connectivity index (χ0v) is 13.9. The summed E-state index contributed by atoms with van der Waals surface area (Å²) in [4.78, 5) is 4.53. The fourth-order valence-electron chi connectivity index (χ4n) is 2.45. The van der Waals surface area contributed by atoms with E-state index >= 15 is 0 Å². The Labute approximate surface area is 129 Å². The molecule has 1 N–H and O–H groups in total. The maximum absolute atomic E-state index is 4.53. The van der Waals surface area contributed by atoms with Crippen molar-refractivity contribution in [3.63, 3.8) is 0 Å². The molecule has 3 heteroatoms. The summed E-state index contributed by atoms with van der Waals surface area (Å²) in [6.45, 7) is 7.38. The summed E-state index contributed by atoms with van der Waals surface area (Å²) in [6.07, 6.45) is 2.79. The van der Waals surface area contributed by atoms with Gasteiger partial charge in [0.2, 0.25) is 0 Å². The lowest BCUT2D eigenvalue weighted by Gasteiger charge is -2.21. The number of nitrogens with zero attached hydrogens (tertiary/aromatic N) is 1. The van der Waals surface area contributed by atoms with Crippen LogP contribution in [0.1, 0.15) is 35.3 Å². The normalized spacial score (nSPS) is 12.4. The van der Waals surface area contributed by atoms with Crippen molar-refractivity contribution in [3.05, 3.63) is 63.4 Å². The van der Waals surface area contributed by atoms with E-state index in [2.05, 4.69) is 71.3 Å². The van der Waals surface area contributed by atoms with Crippen molar-refractivity contribution in [2.24, 2.45) is 0 Å². The summed E-state index contributed by atoms with van der Waals surface area (Å²) in [5, 5.41) is 3.58. The summed E-state index contributed by atoms with van der Waals surface area (Å²) in [5.41, 5.74) is 5.07. The zero-order valence-electron chi connectivity index (χ0n) is 12.3. The number of likely N-dealkylation sites (N-methyl/N-ethyl adjacent to an activating group) is 1. The van der Waals surface area contributed by atoms with Crippen LogP contribution in [0.15, 0.2) is 41.0 Å². The van der Waals surface area contributed by atoms with Crippen molar-refractivity contribution in [3.8, 4) is 0 Å². The van der Waals surface area contributed by atoms with E-state index in [1.807, 2.05) is 12.3 Å². The number of aromatic nitrogens is 1. The molecular weight excluding hydrogens is 312 g/mol. The molecule has 1 atom stereocenters. The summed E-state index contributed by atoms with van der Waals surface area (Å²) >= 11 is 3.57. The predicted octanol–water partition coefficient (Wildman–Crippen LogP) is 4.35. The molecule has 0 amide bonds. The van der Waals surface area contributed by atoms with E-state index in [0.717, 1.165) is 23.1 Å². The first-order chi connectivity index (χ1) is 9.61. The Morgan fingerprint density at radius 2 is 2.00 bits per heavy atom. The monoisotopic (exact) mass is 332 g/mol. The van der Waals surface area contributed by atoms with Crippen LogP contribution in [0.2, 0.25) is 0 Å². The maximum atomic E-state index is 4.53. The number of halogens is 1. The Hall–Kier alpha value is -1.19. The minimum Gasteiger partial charge on any atom is -0.310 e. The second kappa shape index (κ2) is 7.00. The Morgan fingerprint density at radius 1 is 1.20 bits per heavy atom. The van der Waals surface area contributed by atoms with Gasteiger partial charge in [0.15, 0.2) is 0 Å². The van der Waals surface area contributed by atoms with Gasteiger partial charge in [-0.1, -0.05) is 35.0 Å². The van der Waals surface area contributed by atoms with Crippen molar-refractivity contribution >= 4 is 15.9 Å². The third-order valence-electron chi connectivity index (χ3n) is 3.58. The van der Waals surface area contributed by atoms with Crippen LogP contribution in [0, 0.1) is 13.8 Å². The second-order valence-electron chi connectivity index (χ2n) is 5.08. The highest BCUT2D eigenvalue weighted by Gasteiger charge is 2.15. The van der Waals surface area contributed by atoms with Crippen LogP contribution in [0.4, 0.5) is 0 Å². The average molecular weight is 333 g/mol. The SMILES string of the molecule is CCNC(Cc1ncccc1C)c1cc(Br)ccc1C. The quantitative estimate of drug-likeness (QED) is 0.880. The number of pyridine rings is 1. The molecular formula is C17H21BrN2. The van der Waals surface area contributed by atoms with Gasteiger partial charge >= 0.3 is 0 Å². The Kier molecular flexibility index (Phi) is 5.32. The van der Waals surface area contributed by atoms with Gasteiger partial charge in [0, 0.05) is 28.8 Å². The molecule has 0 fully saturated rings. The molecule has 0 bridgehead atoms. The minimum atomic E-state index is 0.297. The van der Waals surface area contributed by atoms with Gasteiger partial charge in [-0.15, -0.1) is 0 Å². The molecule has 0 spiro atoms. The van der Waals surface area contributed by atoms with Gasteiger partial charge in [-0.3, -0.25) is 4.98 Å². The van der Waals surface area contributed by atoms with Crippen LogP contribution in [0.3, 0.4) is 0 Å². The fourth-order valence-corrected chi connectivity index (χ4v) is 2.83. The first-order valence-corrected chi connectivity index (χ1v) is 7.81. The molecule has 0 aliphatic carbocycles. The van der Waals surface area contributed by atoms with E-state index < -0.39 is 0 Å². The van der Waals surface area contributed by atoms with E-state index in [4.69, 9.17) is 0 Å². The van der Waals surface area contributed by atoms with Gasteiger partial charge in [0.25, 0.3) is 0 Å². The maximum Gasteiger partial charge on any atom is 0.0451 e. The van der Waals surface area contributed by atoms with E-state index in [9.17, 15) is 0 Å².